The van der Waals surface area contributed by atoms with Crippen LogP contribution >= 0.6 is 0 Å². The molecule has 1 N–H and O–H groups in total. The fourth-order valence-electron chi connectivity index (χ4n) is 2.99. The van der Waals surface area contributed by atoms with Gasteiger partial charge in [-0.25, -0.2) is 0 Å². The Morgan fingerprint density at radius 3 is 2.90 bits per heavy atom. The van der Waals surface area contributed by atoms with Crippen molar-refractivity contribution in [2.75, 3.05) is 0 Å². The highest BCUT2D eigenvalue weighted by Crippen LogP contribution is 2.39. The molecule has 4 nitrogen and oxygen atoms in total. The standard InChI is InChI=1S/C16H20N2O2/c1-3-11-4-5-12(9-11)15-17-16(20-18-15)13-6-7-14(19)10(2)8-13/h6-8,11-12,19H,3-5,9H2,1-2H3. The van der Waals surface area contributed by atoms with E-state index in [1.807, 2.05) is 19.1 Å². The lowest BCUT2D eigenvalue weighted by Gasteiger charge is -2.04. The second-order valence-corrected chi connectivity index (χ2v) is 5.74. The largest absolute Gasteiger partial charge is 0.508 e. The van der Waals surface area contributed by atoms with Gasteiger partial charge in [0.2, 0.25) is 0 Å². The summed E-state index contributed by atoms with van der Waals surface area (Å²) in [4.78, 5) is 4.54. The van der Waals surface area contributed by atoms with E-state index in [1.165, 1.54) is 19.3 Å². The van der Waals surface area contributed by atoms with Gasteiger partial charge in [0.25, 0.3) is 5.89 Å². The first-order valence-corrected chi connectivity index (χ1v) is 7.31. The number of aromatic hydroxyl groups is 1. The lowest BCUT2D eigenvalue weighted by atomic mass is 10.0. The fraction of sp³-hybridized carbons (Fsp3) is 0.500. The molecule has 0 spiro atoms. The number of phenolic OH excluding ortho intramolecular Hbond substituents is 1. The van der Waals surface area contributed by atoms with E-state index in [9.17, 15) is 5.11 Å². The van der Waals surface area contributed by atoms with Crippen LogP contribution in [0.4, 0.5) is 0 Å². The molecule has 0 amide bonds. The first-order chi connectivity index (χ1) is 9.67. The third-order valence-corrected chi connectivity index (χ3v) is 4.37. The summed E-state index contributed by atoms with van der Waals surface area (Å²) < 4.78 is 5.38. The Hall–Kier alpha value is -1.84. The van der Waals surface area contributed by atoms with Gasteiger partial charge in [-0.15, -0.1) is 0 Å². The lowest BCUT2D eigenvalue weighted by Crippen LogP contribution is -1.97. The summed E-state index contributed by atoms with van der Waals surface area (Å²) in [6.07, 6.45) is 4.83. The Labute approximate surface area is 118 Å². The Morgan fingerprint density at radius 1 is 1.35 bits per heavy atom. The van der Waals surface area contributed by atoms with Crippen LogP contribution in [-0.2, 0) is 0 Å². The maximum absolute atomic E-state index is 9.56. The minimum absolute atomic E-state index is 0.287. The van der Waals surface area contributed by atoms with Gasteiger partial charge < -0.3 is 9.63 Å². The van der Waals surface area contributed by atoms with Gasteiger partial charge in [-0.05, 0) is 55.9 Å². The highest BCUT2D eigenvalue weighted by atomic mass is 16.5. The van der Waals surface area contributed by atoms with E-state index in [1.54, 1.807) is 6.07 Å². The first-order valence-electron chi connectivity index (χ1n) is 7.31. The van der Waals surface area contributed by atoms with E-state index in [4.69, 9.17) is 4.52 Å². The molecule has 0 bridgehead atoms. The van der Waals surface area contributed by atoms with Crippen molar-refractivity contribution in [3.8, 4) is 17.2 Å². The van der Waals surface area contributed by atoms with Gasteiger partial charge in [0.15, 0.2) is 5.82 Å². The summed E-state index contributed by atoms with van der Waals surface area (Å²) in [7, 11) is 0. The van der Waals surface area contributed by atoms with Gasteiger partial charge in [-0.3, -0.25) is 0 Å². The van der Waals surface area contributed by atoms with Crippen molar-refractivity contribution in [3.05, 3.63) is 29.6 Å². The molecule has 2 aromatic rings. The molecule has 0 saturated heterocycles. The molecule has 4 heteroatoms. The zero-order chi connectivity index (χ0) is 14.1. The van der Waals surface area contributed by atoms with E-state index in [0.717, 1.165) is 29.3 Å². The summed E-state index contributed by atoms with van der Waals surface area (Å²) in [6, 6.07) is 5.34. The van der Waals surface area contributed by atoms with Crippen molar-refractivity contribution in [1.82, 2.24) is 10.1 Å². The number of benzene rings is 1. The molecule has 1 aliphatic rings. The Morgan fingerprint density at radius 2 is 2.20 bits per heavy atom. The molecule has 0 radical (unpaired) electrons. The molecule has 106 valence electrons. The fourth-order valence-corrected chi connectivity index (χ4v) is 2.99. The molecular formula is C16H20N2O2. The number of rotatable bonds is 3. The van der Waals surface area contributed by atoms with Crippen LogP contribution in [0, 0.1) is 12.8 Å². The van der Waals surface area contributed by atoms with Gasteiger partial charge in [0.1, 0.15) is 5.75 Å². The average Bonchev–Trinajstić information content (AvgIpc) is 3.09. The van der Waals surface area contributed by atoms with Crippen molar-refractivity contribution >= 4 is 0 Å². The van der Waals surface area contributed by atoms with Crippen molar-refractivity contribution in [3.63, 3.8) is 0 Å². The molecule has 20 heavy (non-hydrogen) atoms. The van der Waals surface area contributed by atoms with Crippen LogP contribution in [0.3, 0.4) is 0 Å². The number of aromatic nitrogens is 2. The molecular weight excluding hydrogens is 252 g/mol. The summed E-state index contributed by atoms with van der Waals surface area (Å²) in [5.74, 6) is 2.91. The molecule has 1 aliphatic carbocycles. The predicted octanol–water partition coefficient (Wildman–Crippen LogP) is 4.04. The smallest absolute Gasteiger partial charge is 0.257 e. The van der Waals surface area contributed by atoms with Crippen LogP contribution in [0.2, 0.25) is 0 Å². The minimum atomic E-state index is 0.287. The van der Waals surface area contributed by atoms with Gasteiger partial charge in [0, 0.05) is 11.5 Å². The van der Waals surface area contributed by atoms with Gasteiger partial charge in [0.05, 0.1) is 0 Å². The van der Waals surface area contributed by atoms with Crippen LogP contribution in [0.5, 0.6) is 5.75 Å². The maximum Gasteiger partial charge on any atom is 0.257 e. The number of nitrogens with zero attached hydrogens (tertiary/aromatic N) is 2. The predicted molar refractivity (Wildman–Crippen MR) is 76.5 cm³/mol. The van der Waals surface area contributed by atoms with Crippen LogP contribution in [0.15, 0.2) is 22.7 Å². The summed E-state index contributed by atoms with van der Waals surface area (Å²) in [5, 5.41) is 13.7. The molecule has 0 aliphatic heterocycles. The third-order valence-electron chi connectivity index (χ3n) is 4.37. The molecule has 1 aromatic carbocycles. The van der Waals surface area contributed by atoms with Crippen LogP contribution in [0.1, 0.15) is 49.9 Å². The normalized spacial score (nSPS) is 22.3. The monoisotopic (exact) mass is 272 g/mol. The van der Waals surface area contributed by atoms with Crippen LogP contribution in [-0.4, -0.2) is 15.2 Å². The van der Waals surface area contributed by atoms with E-state index in [2.05, 4.69) is 17.1 Å². The SMILES string of the molecule is CCC1CCC(c2noc(-c3ccc(O)c(C)c3)n2)C1. The second kappa shape index (κ2) is 5.27. The Bertz CT molecular complexity index is 606. The van der Waals surface area contributed by atoms with E-state index >= 15 is 0 Å². The summed E-state index contributed by atoms with van der Waals surface area (Å²) in [5.41, 5.74) is 1.68. The van der Waals surface area contributed by atoms with Crippen molar-refractivity contribution in [2.45, 2.75) is 45.4 Å². The van der Waals surface area contributed by atoms with Crippen LogP contribution < -0.4 is 0 Å². The zero-order valence-corrected chi connectivity index (χ0v) is 12.0. The van der Waals surface area contributed by atoms with E-state index in [-0.39, 0.29) is 5.75 Å². The van der Waals surface area contributed by atoms with Gasteiger partial charge in [-0.2, -0.15) is 4.98 Å². The van der Waals surface area contributed by atoms with Crippen LogP contribution in [0.25, 0.3) is 11.5 Å². The van der Waals surface area contributed by atoms with Crippen molar-refractivity contribution < 1.29 is 9.63 Å². The van der Waals surface area contributed by atoms with E-state index < -0.39 is 0 Å². The topological polar surface area (TPSA) is 59.2 Å². The lowest BCUT2D eigenvalue weighted by molar-refractivity contribution is 0.413. The molecule has 1 saturated carbocycles. The molecule has 1 aromatic heterocycles. The minimum Gasteiger partial charge on any atom is -0.508 e. The quantitative estimate of drug-likeness (QED) is 0.915. The number of hydrogen-bond acceptors (Lipinski definition) is 4. The summed E-state index contributed by atoms with van der Waals surface area (Å²) in [6.45, 7) is 4.10. The zero-order valence-electron chi connectivity index (χ0n) is 12.0. The van der Waals surface area contributed by atoms with Crippen molar-refractivity contribution in [1.29, 1.82) is 0 Å². The Kier molecular flexibility index (Phi) is 3.47. The number of aryl methyl sites for hydroxylation is 1. The number of hydrogen-bond donors (Lipinski definition) is 1. The molecule has 2 atom stereocenters. The molecule has 2 unspecified atom stereocenters. The average molecular weight is 272 g/mol. The van der Waals surface area contributed by atoms with Crippen molar-refractivity contribution in [2.24, 2.45) is 5.92 Å². The molecule has 3 rings (SSSR count). The third kappa shape index (κ3) is 2.42. The second-order valence-electron chi connectivity index (χ2n) is 5.74. The highest BCUT2D eigenvalue weighted by Gasteiger charge is 2.28. The van der Waals surface area contributed by atoms with Gasteiger partial charge >= 0.3 is 0 Å². The van der Waals surface area contributed by atoms with E-state index in [0.29, 0.717) is 11.8 Å². The molecule has 1 heterocycles. The summed E-state index contributed by atoms with van der Waals surface area (Å²) >= 11 is 0. The number of phenols is 1. The maximum atomic E-state index is 9.56. The Balaban J connectivity index is 1.81. The van der Waals surface area contributed by atoms with Gasteiger partial charge in [-0.1, -0.05) is 18.5 Å². The first kappa shape index (κ1) is 13.2. The molecule has 1 fully saturated rings. The highest BCUT2D eigenvalue weighted by molar-refractivity contribution is 5.56.